The minimum atomic E-state index is 0.0546. The van der Waals surface area contributed by atoms with Gasteiger partial charge in [-0.1, -0.05) is 36.4 Å². The molecule has 0 aliphatic rings. The molecule has 0 spiro atoms. The van der Waals surface area contributed by atoms with Crippen LogP contribution in [-0.4, -0.2) is 17.5 Å². The van der Waals surface area contributed by atoms with Crippen molar-refractivity contribution < 1.29 is 9.53 Å². The van der Waals surface area contributed by atoms with Crippen molar-refractivity contribution >= 4 is 38.4 Å². The summed E-state index contributed by atoms with van der Waals surface area (Å²) in [5.74, 6) is 0.890. The van der Waals surface area contributed by atoms with E-state index in [9.17, 15) is 4.79 Å². The fourth-order valence-electron chi connectivity index (χ4n) is 4.49. The van der Waals surface area contributed by atoms with Crippen LogP contribution in [0.1, 0.15) is 28.4 Å². The van der Waals surface area contributed by atoms with Gasteiger partial charge in [-0.25, -0.2) is 0 Å². The van der Waals surface area contributed by atoms with Gasteiger partial charge < -0.3 is 9.30 Å². The molecule has 4 aromatic carbocycles. The lowest BCUT2D eigenvalue weighted by molar-refractivity contribution is 0.104. The van der Waals surface area contributed by atoms with Gasteiger partial charge in [0.2, 0.25) is 0 Å². The summed E-state index contributed by atoms with van der Waals surface area (Å²) in [5, 5.41) is 4.36. The second-order valence-corrected chi connectivity index (χ2v) is 7.66. The van der Waals surface area contributed by atoms with Gasteiger partial charge in [0.1, 0.15) is 5.75 Å². The van der Waals surface area contributed by atoms with Gasteiger partial charge in [0.05, 0.1) is 12.6 Å². The van der Waals surface area contributed by atoms with E-state index in [1.54, 1.807) is 7.11 Å². The van der Waals surface area contributed by atoms with E-state index in [2.05, 4.69) is 42.7 Å². The lowest BCUT2D eigenvalue weighted by atomic mass is 9.94. The second-order valence-electron chi connectivity index (χ2n) is 7.66. The van der Waals surface area contributed by atoms with Crippen molar-refractivity contribution in [3.63, 3.8) is 0 Å². The Morgan fingerprint density at radius 2 is 1.63 bits per heavy atom. The average Bonchev–Trinajstić information content (AvgIpc) is 3.11. The van der Waals surface area contributed by atoms with Gasteiger partial charge >= 0.3 is 0 Å². The number of benzene rings is 4. The highest BCUT2D eigenvalue weighted by molar-refractivity contribution is 6.19. The Morgan fingerprint density at radius 1 is 0.833 bits per heavy atom. The van der Waals surface area contributed by atoms with E-state index in [1.807, 2.05) is 48.5 Å². The zero-order chi connectivity index (χ0) is 20.8. The van der Waals surface area contributed by atoms with Gasteiger partial charge in [0.15, 0.2) is 5.78 Å². The maximum Gasteiger partial charge on any atom is 0.193 e. The number of ketones is 1. The maximum absolute atomic E-state index is 13.5. The molecule has 0 aliphatic heterocycles. The number of hydrogen-bond donors (Lipinski definition) is 0. The van der Waals surface area contributed by atoms with E-state index >= 15 is 0 Å². The number of carbonyl (C=O) groups excluding carboxylic acids is 1. The Labute approximate surface area is 175 Å². The summed E-state index contributed by atoms with van der Waals surface area (Å²) in [5.41, 5.74) is 4.89. The number of rotatable bonds is 4. The van der Waals surface area contributed by atoms with Crippen molar-refractivity contribution in [1.82, 2.24) is 4.57 Å². The summed E-state index contributed by atoms with van der Waals surface area (Å²) < 4.78 is 7.69. The van der Waals surface area contributed by atoms with Crippen LogP contribution in [-0.2, 0) is 6.54 Å². The second kappa shape index (κ2) is 7.03. The normalized spacial score (nSPS) is 11.4. The van der Waals surface area contributed by atoms with Crippen molar-refractivity contribution in [1.29, 1.82) is 0 Å². The lowest BCUT2D eigenvalue weighted by Crippen LogP contribution is -2.03. The van der Waals surface area contributed by atoms with E-state index in [4.69, 9.17) is 4.74 Å². The molecule has 3 nitrogen and oxygen atoms in total. The maximum atomic E-state index is 13.5. The molecular weight excluding hydrogens is 370 g/mol. The Hall–Kier alpha value is -3.59. The highest BCUT2D eigenvalue weighted by Crippen LogP contribution is 2.33. The Bertz CT molecular complexity index is 1440. The molecule has 0 amide bonds. The Balaban J connectivity index is 1.72. The summed E-state index contributed by atoms with van der Waals surface area (Å²) in [6.07, 6.45) is 0. The van der Waals surface area contributed by atoms with Crippen LogP contribution in [0.15, 0.2) is 72.8 Å². The number of aromatic nitrogens is 1. The minimum Gasteiger partial charge on any atom is -0.497 e. The first-order chi connectivity index (χ1) is 14.6. The summed E-state index contributed by atoms with van der Waals surface area (Å²) in [7, 11) is 1.68. The molecule has 1 aromatic heterocycles. The van der Waals surface area contributed by atoms with Gasteiger partial charge in [-0.2, -0.15) is 0 Å². The van der Waals surface area contributed by atoms with Crippen LogP contribution in [0.4, 0.5) is 0 Å². The number of ether oxygens (including phenoxy) is 1. The molecule has 1 heterocycles. The molecule has 0 radical (unpaired) electrons. The van der Waals surface area contributed by atoms with E-state index in [0.29, 0.717) is 5.56 Å². The topological polar surface area (TPSA) is 31.2 Å². The quantitative estimate of drug-likeness (QED) is 0.326. The molecule has 0 N–H and O–H groups in total. The van der Waals surface area contributed by atoms with Gasteiger partial charge in [-0.15, -0.1) is 0 Å². The summed E-state index contributed by atoms with van der Waals surface area (Å²) >= 11 is 0. The molecule has 30 heavy (non-hydrogen) atoms. The van der Waals surface area contributed by atoms with Crippen molar-refractivity contribution in [3.8, 4) is 5.75 Å². The monoisotopic (exact) mass is 393 g/mol. The molecule has 0 unspecified atom stereocenters. The summed E-state index contributed by atoms with van der Waals surface area (Å²) in [6.45, 7) is 5.06. The van der Waals surface area contributed by atoms with Crippen molar-refractivity contribution in [2.75, 3.05) is 7.11 Å². The van der Waals surface area contributed by atoms with Crippen molar-refractivity contribution in [3.05, 3.63) is 89.5 Å². The number of carbonyl (C=O) groups is 1. The SMILES string of the molecule is CCn1c2ccc(C(=O)c3ccc(C)c4ccccc34)cc2c2ccc(OC)cc21. The molecule has 0 atom stereocenters. The van der Waals surface area contributed by atoms with Gasteiger partial charge in [-0.3, -0.25) is 4.79 Å². The van der Waals surface area contributed by atoms with Crippen LogP contribution < -0.4 is 4.74 Å². The molecule has 0 aliphatic carbocycles. The van der Waals surface area contributed by atoms with E-state index in [-0.39, 0.29) is 5.78 Å². The first-order valence-corrected chi connectivity index (χ1v) is 10.3. The summed E-state index contributed by atoms with van der Waals surface area (Å²) in [4.78, 5) is 13.5. The number of aryl methyl sites for hydroxylation is 2. The molecule has 0 saturated heterocycles. The largest absolute Gasteiger partial charge is 0.497 e. The Kier molecular flexibility index (Phi) is 4.32. The first-order valence-electron chi connectivity index (χ1n) is 10.3. The average molecular weight is 393 g/mol. The molecule has 0 fully saturated rings. The van der Waals surface area contributed by atoms with Gasteiger partial charge in [0.25, 0.3) is 0 Å². The molecule has 0 bridgehead atoms. The van der Waals surface area contributed by atoms with Crippen LogP contribution in [0, 0.1) is 6.92 Å². The van der Waals surface area contributed by atoms with E-state index in [0.717, 1.165) is 50.4 Å². The number of hydrogen-bond acceptors (Lipinski definition) is 2. The number of nitrogens with zero attached hydrogens (tertiary/aromatic N) is 1. The van der Waals surface area contributed by atoms with Crippen molar-refractivity contribution in [2.45, 2.75) is 20.4 Å². The van der Waals surface area contributed by atoms with Crippen LogP contribution in [0.3, 0.4) is 0 Å². The van der Waals surface area contributed by atoms with Gasteiger partial charge in [-0.05, 0) is 60.5 Å². The van der Waals surface area contributed by atoms with Crippen molar-refractivity contribution in [2.24, 2.45) is 0 Å². The third-order valence-corrected chi connectivity index (χ3v) is 6.04. The first kappa shape index (κ1) is 18.4. The predicted octanol–water partition coefficient (Wildman–Crippen LogP) is 6.52. The fourth-order valence-corrected chi connectivity index (χ4v) is 4.49. The van der Waals surface area contributed by atoms with E-state index in [1.165, 1.54) is 5.56 Å². The van der Waals surface area contributed by atoms with Crippen LogP contribution in [0.25, 0.3) is 32.6 Å². The van der Waals surface area contributed by atoms with Crippen LogP contribution in [0.5, 0.6) is 5.75 Å². The highest BCUT2D eigenvalue weighted by atomic mass is 16.5. The smallest absolute Gasteiger partial charge is 0.193 e. The molecule has 148 valence electrons. The highest BCUT2D eigenvalue weighted by Gasteiger charge is 2.17. The molecule has 3 heteroatoms. The zero-order valence-corrected chi connectivity index (χ0v) is 17.4. The molecule has 0 saturated carbocycles. The fraction of sp³-hybridized carbons (Fsp3) is 0.148. The zero-order valence-electron chi connectivity index (χ0n) is 17.4. The lowest BCUT2D eigenvalue weighted by Gasteiger charge is -2.09. The van der Waals surface area contributed by atoms with Gasteiger partial charge in [0, 0.05) is 40.0 Å². The molecule has 5 aromatic rings. The molecule has 5 rings (SSSR count). The predicted molar refractivity (Wildman–Crippen MR) is 124 cm³/mol. The van der Waals surface area contributed by atoms with Crippen LogP contribution >= 0.6 is 0 Å². The minimum absolute atomic E-state index is 0.0546. The van der Waals surface area contributed by atoms with Crippen LogP contribution in [0.2, 0.25) is 0 Å². The number of fused-ring (bicyclic) bond motifs is 4. The standard InChI is InChI=1S/C27H23NO2/c1-4-28-25-14-10-18(15-24(25)22-13-11-19(30-3)16-26(22)28)27(29)23-12-9-17(2)20-7-5-6-8-21(20)23/h5-16H,4H2,1-3H3. The van der Waals surface area contributed by atoms with E-state index < -0.39 is 0 Å². The summed E-state index contributed by atoms with van der Waals surface area (Å²) in [6, 6.07) is 24.3. The molecular formula is C27H23NO2. The third kappa shape index (κ3) is 2.70. The third-order valence-electron chi connectivity index (χ3n) is 6.04. The Morgan fingerprint density at radius 3 is 2.40 bits per heavy atom. The number of methoxy groups -OCH3 is 1.